The maximum Gasteiger partial charge on any atom is 0.306 e. The van der Waals surface area contributed by atoms with Gasteiger partial charge in [0.15, 0.2) is 0 Å². The zero-order valence-electron chi connectivity index (χ0n) is 16.8. The Hall–Kier alpha value is -0.650. The van der Waals surface area contributed by atoms with Gasteiger partial charge in [-0.25, -0.2) is 0 Å². The summed E-state index contributed by atoms with van der Waals surface area (Å²) < 4.78 is 22.0. The summed E-state index contributed by atoms with van der Waals surface area (Å²) in [6, 6.07) is 0. The number of carbonyl (C=O) groups excluding carboxylic acids is 1. The molecule has 0 aromatic heterocycles. The fourth-order valence-corrected chi connectivity index (χ4v) is 3.10. The van der Waals surface area contributed by atoms with Gasteiger partial charge in [0, 0.05) is 19.6 Å². The van der Waals surface area contributed by atoms with Crippen LogP contribution in [-0.4, -0.2) is 51.7 Å². The van der Waals surface area contributed by atoms with Gasteiger partial charge in [0.25, 0.3) is 0 Å². The SMILES string of the molecule is CCCCCCCOCCOCCOCCCC(=O)OC1CCCCC1. The number of rotatable bonds is 17. The second-order valence-electron chi connectivity index (χ2n) is 7.10. The van der Waals surface area contributed by atoms with Gasteiger partial charge < -0.3 is 18.9 Å². The maximum atomic E-state index is 11.7. The quantitative estimate of drug-likeness (QED) is 0.274. The summed E-state index contributed by atoms with van der Waals surface area (Å²) in [4.78, 5) is 11.7. The molecule has 0 radical (unpaired) electrons. The van der Waals surface area contributed by atoms with Gasteiger partial charge in [0.1, 0.15) is 6.10 Å². The maximum absolute atomic E-state index is 11.7. The van der Waals surface area contributed by atoms with E-state index < -0.39 is 0 Å². The molecule has 5 nitrogen and oxygen atoms in total. The Labute approximate surface area is 160 Å². The summed E-state index contributed by atoms with van der Waals surface area (Å²) in [5.74, 6) is -0.0800. The molecular weight excluding hydrogens is 332 g/mol. The highest BCUT2D eigenvalue weighted by atomic mass is 16.5. The van der Waals surface area contributed by atoms with E-state index >= 15 is 0 Å². The van der Waals surface area contributed by atoms with Gasteiger partial charge in [-0.15, -0.1) is 0 Å². The van der Waals surface area contributed by atoms with E-state index in [0.29, 0.717) is 45.9 Å². The molecule has 1 aliphatic rings. The van der Waals surface area contributed by atoms with E-state index in [1.165, 1.54) is 44.9 Å². The Balaban J connectivity index is 1.73. The van der Waals surface area contributed by atoms with Crippen molar-refractivity contribution in [2.75, 3.05) is 39.6 Å². The fourth-order valence-electron chi connectivity index (χ4n) is 3.10. The van der Waals surface area contributed by atoms with Crippen molar-refractivity contribution in [1.82, 2.24) is 0 Å². The number of ether oxygens (including phenoxy) is 4. The number of hydrogen-bond acceptors (Lipinski definition) is 5. The van der Waals surface area contributed by atoms with Crippen LogP contribution < -0.4 is 0 Å². The molecule has 0 N–H and O–H groups in total. The summed E-state index contributed by atoms with van der Waals surface area (Å²) in [6.45, 7) is 6.05. The predicted octanol–water partition coefficient (Wildman–Crippen LogP) is 4.66. The Kier molecular flexibility index (Phi) is 16.0. The molecule has 0 aromatic rings. The van der Waals surface area contributed by atoms with Gasteiger partial charge >= 0.3 is 5.97 Å². The Morgan fingerprint density at radius 3 is 1.96 bits per heavy atom. The van der Waals surface area contributed by atoms with Crippen LogP contribution in [0.5, 0.6) is 0 Å². The van der Waals surface area contributed by atoms with Crippen molar-refractivity contribution in [3.05, 3.63) is 0 Å². The number of unbranched alkanes of at least 4 members (excludes halogenated alkanes) is 4. The van der Waals surface area contributed by atoms with Gasteiger partial charge in [-0.3, -0.25) is 4.79 Å². The van der Waals surface area contributed by atoms with E-state index in [4.69, 9.17) is 18.9 Å². The largest absolute Gasteiger partial charge is 0.462 e. The van der Waals surface area contributed by atoms with Crippen molar-refractivity contribution in [2.24, 2.45) is 0 Å². The highest BCUT2D eigenvalue weighted by Crippen LogP contribution is 2.20. The average Bonchev–Trinajstić information content (AvgIpc) is 2.65. The molecule has 5 heteroatoms. The lowest BCUT2D eigenvalue weighted by atomic mass is 9.98. The molecule has 0 bridgehead atoms. The van der Waals surface area contributed by atoms with E-state index in [2.05, 4.69) is 6.92 Å². The summed E-state index contributed by atoms with van der Waals surface area (Å²) in [7, 11) is 0. The summed E-state index contributed by atoms with van der Waals surface area (Å²) in [5, 5.41) is 0. The predicted molar refractivity (Wildman–Crippen MR) is 103 cm³/mol. The molecule has 0 unspecified atom stereocenters. The highest BCUT2D eigenvalue weighted by molar-refractivity contribution is 5.69. The number of hydrogen-bond donors (Lipinski definition) is 0. The third kappa shape index (κ3) is 14.5. The second-order valence-corrected chi connectivity index (χ2v) is 7.10. The molecule has 1 fully saturated rings. The standard InChI is InChI=1S/C21H40O5/c1-2-3-4-5-9-14-23-16-18-25-19-17-24-15-10-13-21(22)26-20-11-7-6-8-12-20/h20H,2-19H2,1H3. The van der Waals surface area contributed by atoms with Crippen molar-refractivity contribution in [2.45, 2.75) is 90.1 Å². The normalized spacial score (nSPS) is 15.3. The monoisotopic (exact) mass is 372 g/mol. The number of esters is 1. The Morgan fingerprint density at radius 1 is 0.731 bits per heavy atom. The minimum atomic E-state index is -0.0800. The summed E-state index contributed by atoms with van der Waals surface area (Å²) in [5.41, 5.74) is 0. The van der Waals surface area contributed by atoms with Crippen molar-refractivity contribution in [3.8, 4) is 0 Å². The van der Waals surface area contributed by atoms with Crippen LogP contribution in [0.25, 0.3) is 0 Å². The van der Waals surface area contributed by atoms with Gasteiger partial charge in [-0.2, -0.15) is 0 Å². The fraction of sp³-hybridized carbons (Fsp3) is 0.952. The van der Waals surface area contributed by atoms with Crippen molar-refractivity contribution in [3.63, 3.8) is 0 Å². The van der Waals surface area contributed by atoms with Crippen LogP contribution in [0.2, 0.25) is 0 Å². The van der Waals surface area contributed by atoms with Crippen LogP contribution in [-0.2, 0) is 23.7 Å². The van der Waals surface area contributed by atoms with Gasteiger partial charge in [0.05, 0.1) is 26.4 Å². The first-order chi connectivity index (χ1) is 12.8. The van der Waals surface area contributed by atoms with E-state index in [0.717, 1.165) is 25.9 Å². The lowest BCUT2D eigenvalue weighted by Crippen LogP contribution is -2.21. The second kappa shape index (κ2) is 17.7. The molecule has 1 saturated carbocycles. The first kappa shape index (κ1) is 23.4. The van der Waals surface area contributed by atoms with Gasteiger partial charge in [-0.05, 0) is 38.5 Å². The van der Waals surface area contributed by atoms with E-state index in [-0.39, 0.29) is 12.1 Å². The van der Waals surface area contributed by atoms with E-state index in [1.54, 1.807) is 0 Å². The lowest BCUT2D eigenvalue weighted by molar-refractivity contribution is -0.150. The van der Waals surface area contributed by atoms with Crippen LogP contribution >= 0.6 is 0 Å². The molecule has 0 aromatic carbocycles. The summed E-state index contributed by atoms with van der Waals surface area (Å²) in [6.07, 6.45) is 13.3. The van der Waals surface area contributed by atoms with Crippen molar-refractivity contribution < 1.29 is 23.7 Å². The van der Waals surface area contributed by atoms with Crippen molar-refractivity contribution in [1.29, 1.82) is 0 Å². The molecule has 154 valence electrons. The van der Waals surface area contributed by atoms with Gasteiger partial charge in [-0.1, -0.05) is 39.0 Å². The third-order valence-corrected chi connectivity index (χ3v) is 4.66. The van der Waals surface area contributed by atoms with Crippen LogP contribution in [0.1, 0.15) is 84.0 Å². The molecular formula is C21H40O5. The van der Waals surface area contributed by atoms with Crippen LogP contribution in [0.15, 0.2) is 0 Å². The number of carbonyl (C=O) groups is 1. The van der Waals surface area contributed by atoms with Crippen LogP contribution in [0.4, 0.5) is 0 Å². The van der Waals surface area contributed by atoms with Crippen molar-refractivity contribution >= 4 is 5.97 Å². The third-order valence-electron chi connectivity index (χ3n) is 4.66. The van der Waals surface area contributed by atoms with Crippen LogP contribution in [0.3, 0.4) is 0 Å². The molecule has 0 atom stereocenters. The van der Waals surface area contributed by atoms with Gasteiger partial charge in [0.2, 0.25) is 0 Å². The highest BCUT2D eigenvalue weighted by Gasteiger charge is 2.17. The zero-order chi connectivity index (χ0) is 18.7. The topological polar surface area (TPSA) is 54.0 Å². The molecule has 1 rings (SSSR count). The average molecular weight is 373 g/mol. The lowest BCUT2D eigenvalue weighted by Gasteiger charge is -2.21. The minimum Gasteiger partial charge on any atom is -0.462 e. The van der Waals surface area contributed by atoms with E-state index in [1.807, 2.05) is 0 Å². The van der Waals surface area contributed by atoms with Crippen LogP contribution in [0, 0.1) is 0 Å². The first-order valence-corrected chi connectivity index (χ1v) is 10.8. The first-order valence-electron chi connectivity index (χ1n) is 10.8. The smallest absolute Gasteiger partial charge is 0.306 e. The molecule has 0 saturated heterocycles. The Bertz CT molecular complexity index is 316. The molecule has 26 heavy (non-hydrogen) atoms. The summed E-state index contributed by atoms with van der Waals surface area (Å²) >= 11 is 0. The molecule has 0 heterocycles. The zero-order valence-corrected chi connectivity index (χ0v) is 16.8. The molecule has 1 aliphatic carbocycles. The van der Waals surface area contributed by atoms with E-state index in [9.17, 15) is 4.79 Å². The molecule has 0 spiro atoms. The molecule has 0 amide bonds. The minimum absolute atomic E-state index is 0.0800. The Morgan fingerprint density at radius 2 is 1.31 bits per heavy atom. The molecule has 0 aliphatic heterocycles.